The Hall–Kier alpha value is -1.85. The summed E-state index contributed by atoms with van der Waals surface area (Å²) in [6, 6.07) is 0. The molecule has 0 saturated heterocycles. The normalized spacial score (nSPS) is 10.3. The van der Waals surface area contributed by atoms with Gasteiger partial charge in [0.2, 0.25) is 5.91 Å². The van der Waals surface area contributed by atoms with Gasteiger partial charge in [-0.15, -0.1) is 0 Å². The highest BCUT2D eigenvalue weighted by atomic mass is 16.1. The molecule has 20 heavy (non-hydrogen) atoms. The van der Waals surface area contributed by atoms with E-state index >= 15 is 0 Å². The Kier molecular flexibility index (Phi) is 6.76. The molecule has 0 aliphatic rings. The number of nitrogens with two attached hydrogens (primary N) is 1. The molecule has 1 aromatic heterocycles. The molecule has 1 aromatic rings. The van der Waals surface area contributed by atoms with Crippen molar-refractivity contribution in [2.75, 3.05) is 23.7 Å². The fraction of sp³-hybridized carbons (Fsp3) is 0.643. The van der Waals surface area contributed by atoms with Gasteiger partial charge in [-0.3, -0.25) is 4.79 Å². The average Bonchev–Trinajstić information content (AvgIpc) is 2.40. The molecule has 0 aliphatic carbocycles. The lowest BCUT2D eigenvalue weighted by molar-refractivity contribution is -0.117. The van der Waals surface area contributed by atoms with Crippen molar-refractivity contribution < 1.29 is 4.79 Å². The van der Waals surface area contributed by atoms with Crippen LogP contribution < -0.4 is 16.4 Å². The van der Waals surface area contributed by atoms with Crippen molar-refractivity contribution in [2.45, 2.75) is 46.5 Å². The number of amides is 1. The Balaban J connectivity index is 2.88. The Morgan fingerprint density at radius 2 is 1.70 bits per heavy atom. The first-order chi connectivity index (χ1) is 9.58. The molecule has 0 fully saturated rings. The molecule has 1 rings (SSSR count). The fourth-order valence-corrected chi connectivity index (χ4v) is 1.79. The molecule has 6 heteroatoms. The molecular formula is C14H25N5O. The number of aryl methyl sites for hydroxylation is 1. The van der Waals surface area contributed by atoms with Gasteiger partial charge in [-0.1, -0.05) is 13.8 Å². The lowest BCUT2D eigenvalue weighted by Crippen LogP contribution is -2.18. The van der Waals surface area contributed by atoms with E-state index in [0.29, 0.717) is 13.0 Å². The van der Waals surface area contributed by atoms with Crippen LogP contribution in [0.3, 0.4) is 0 Å². The maximum Gasteiger partial charge on any atom is 0.219 e. The summed E-state index contributed by atoms with van der Waals surface area (Å²) in [4.78, 5) is 19.9. The molecule has 0 bridgehead atoms. The monoisotopic (exact) mass is 279 g/mol. The van der Waals surface area contributed by atoms with E-state index in [0.717, 1.165) is 48.8 Å². The first-order valence-electron chi connectivity index (χ1n) is 7.22. The highest BCUT2D eigenvalue weighted by Crippen LogP contribution is 2.20. The second-order valence-corrected chi connectivity index (χ2v) is 4.78. The van der Waals surface area contributed by atoms with Crippen LogP contribution in [0.15, 0.2) is 0 Å². The molecule has 6 nitrogen and oxygen atoms in total. The molecule has 0 unspecified atom stereocenters. The van der Waals surface area contributed by atoms with Crippen molar-refractivity contribution in [3.8, 4) is 0 Å². The second-order valence-electron chi connectivity index (χ2n) is 4.78. The van der Waals surface area contributed by atoms with Crippen LogP contribution in [0.4, 0.5) is 11.6 Å². The fourth-order valence-electron chi connectivity index (χ4n) is 1.79. The lowest BCUT2D eigenvalue weighted by atomic mass is 10.2. The van der Waals surface area contributed by atoms with E-state index in [1.807, 2.05) is 6.92 Å². The van der Waals surface area contributed by atoms with Gasteiger partial charge in [0.15, 0.2) is 0 Å². The zero-order valence-corrected chi connectivity index (χ0v) is 12.6. The third-order valence-corrected chi connectivity index (χ3v) is 2.87. The SMILES string of the molecule is CCCNc1nc(CCC)nc(NCCC(N)=O)c1C. The summed E-state index contributed by atoms with van der Waals surface area (Å²) >= 11 is 0. The largest absolute Gasteiger partial charge is 0.370 e. The van der Waals surface area contributed by atoms with Crippen molar-refractivity contribution in [3.63, 3.8) is 0 Å². The summed E-state index contributed by atoms with van der Waals surface area (Å²) in [5, 5.41) is 6.49. The molecule has 0 aromatic carbocycles. The highest BCUT2D eigenvalue weighted by molar-refractivity contribution is 5.74. The van der Waals surface area contributed by atoms with Crippen molar-refractivity contribution >= 4 is 17.5 Å². The second kappa shape index (κ2) is 8.35. The van der Waals surface area contributed by atoms with Gasteiger partial charge in [-0.2, -0.15) is 0 Å². The number of aromatic nitrogens is 2. The number of hydrogen-bond acceptors (Lipinski definition) is 5. The minimum absolute atomic E-state index is 0.296. The van der Waals surface area contributed by atoms with Gasteiger partial charge in [0.25, 0.3) is 0 Å². The van der Waals surface area contributed by atoms with E-state index in [2.05, 4.69) is 34.4 Å². The van der Waals surface area contributed by atoms with Gasteiger partial charge in [0, 0.05) is 31.5 Å². The van der Waals surface area contributed by atoms with Crippen molar-refractivity contribution in [3.05, 3.63) is 11.4 Å². The maximum atomic E-state index is 10.8. The number of rotatable bonds is 9. The summed E-state index contributed by atoms with van der Waals surface area (Å²) in [6.45, 7) is 7.56. The summed E-state index contributed by atoms with van der Waals surface area (Å²) < 4.78 is 0. The number of anilines is 2. The number of carbonyl (C=O) groups is 1. The average molecular weight is 279 g/mol. The summed E-state index contributed by atoms with van der Waals surface area (Å²) in [7, 11) is 0. The topological polar surface area (TPSA) is 92.9 Å². The number of carbonyl (C=O) groups excluding carboxylic acids is 1. The number of nitrogens with one attached hydrogen (secondary N) is 2. The molecule has 1 amide bonds. The zero-order valence-electron chi connectivity index (χ0n) is 12.6. The van der Waals surface area contributed by atoms with E-state index in [9.17, 15) is 4.79 Å². The first kappa shape index (κ1) is 16.2. The van der Waals surface area contributed by atoms with E-state index in [1.54, 1.807) is 0 Å². The maximum absolute atomic E-state index is 10.8. The van der Waals surface area contributed by atoms with Crippen LogP contribution in [0, 0.1) is 6.92 Å². The third-order valence-electron chi connectivity index (χ3n) is 2.87. The molecule has 0 aliphatic heterocycles. The molecule has 0 spiro atoms. The van der Waals surface area contributed by atoms with E-state index in [4.69, 9.17) is 5.73 Å². The predicted octanol–water partition coefficient (Wildman–Crippen LogP) is 1.85. The van der Waals surface area contributed by atoms with Gasteiger partial charge >= 0.3 is 0 Å². The molecule has 4 N–H and O–H groups in total. The van der Waals surface area contributed by atoms with Crippen LogP contribution in [0.25, 0.3) is 0 Å². The van der Waals surface area contributed by atoms with Crippen molar-refractivity contribution in [2.24, 2.45) is 5.73 Å². The summed E-state index contributed by atoms with van der Waals surface area (Å²) in [5.41, 5.74) is 6.12. The van der Waals surface area contributed by atoms with Crippen molar-refractivity contribution in [1.82, 2.24) is 9.97 Å². The van der Waals surface area contributed by atoms with Gasteiger partial charge < -0.3 is 16.4 Å². The quantitative estimate of drug-likeness (QED) is 0.641. The summed E-state index contributed by atoms with van der Waals surface area (Å²) in [5.74, 6) is 2.15. The molecule has 112 valence electrons. The minimum atomic E-state index is -0.317. The minimum Gasteiger partial charge on any atom is -0.370 e. The lowest BCUT2D eigenvalue weighted by Gasteiger charge is -2.14. The standard InChI is InChI=1S/C14H25N5O/c1-4-6-12-18-13(16-8-5-2)10(3)14(19-12)17-9-7-11(15)20/h4-9H2,1-3H3,(H2,15,20)(H2,16,17,18,19). The van der Waals surface area contributed by atoms with Crippen LogP contribution >= 0.6 is 0 Å². The van der Waals surface area contributed by atoms with Gasteiger partial charge in [0.05, 0.1) is 0 Å². The first-order valence-corrected chi connectivity index (χ1v) is 7.22. The number of hydrogen-bond donors (Lipinski definition) is 3. The van der Waals surface area contributed by atoms with Crippen LogP contribution in [0.5, 0.6) is 0 Å². The van der Waals surface area contributed by atoms with E-state index < -0.39 is 0 Å². The molecule has 0 radical (unpaired) electrons. The molecular weight excluding hydrogens is 254 g/mol. The molecule has 0 saturated carbocycles. The Bertz CT molecular complexity index is 447. The third kappa shape index (κ3) is 5.03. The Morgan fingerprint density at radius 3 is 2.20 bits per heavy atom. The van der Waals surface area contributed by atoms with Crippen molar-refractivity contribution in [1.29, 1.82) is 0 Å². The van der Waals surface area contributed by atoms with Crippen LogP contribution in [0.1, 0.15) is 44.5 Å². The summed E-state index contributed by atoms with van der Waals surface area (Å²) in [6.07, 6.45) is 3.17. The van der Waals surface area contributed by atoms with Gasteiger partial charge in [-0.05, 0) is 19.8 Å². The van der Waals surface area contributed by atoms with Crippen LogP contribution in [-0.4, -0.2) is 29.0 Å². The van der Waals surface area contributed by atoms with E-state index in [-0.39, 0.29) is 5.91 Å². The molecule has 0 atom stereocenters. The van der Waals surface area contributed by atoms with Gasteiger partial charge in [0.1, 0.15) is 17.5 Å². The Morgan fingerprint density at radius 1 is 1.10 bits per heavy atom. The zero-order chi connectivity index (χ0) is 15.0. The Labute approximate surface area is 120 Å². The van der Waals surface area contributed by atoms with E-state index in [1.165, 1.54) is 0 Å². The predicted molar refractivity (Wildman–Crippen MR) is 81.8 cm³/mol. The van der Waals surface area contributed by atoms with Gasteiger partial charge in [-0.25, -0.2) is 9.97 Å². The van der Waals surface area contributed by atoms with Crippen LogP contribution in [-0.2, 0) is 11.2 Å². The smallest absolute Gasteiger partial charge is 0.219 e. The number of nitrogens with zero attached hydrogens (tertiary/aromatic N) is 2. The number of primary amides is 1. The molecule has 1 heterocycles. The van der Waals surface area contributed by atoms with Crippen LogP contribution in [0.2, 0.25) is 0 Å². The highest BCUT2D eigenvalue weighted by Gasteiger charge is 2.10.